The third-order valence-electron chi connectivity index (χ3n) is 6.38. The highest BCUT2D eigenvalue weighted by Crippen LogP contribution is 2.29. The zero-order chi connectivity index (χ0) is 28.9. The fourth-order valence-electron chi connectivity index (χ4n) is 3.97. The van der Waals surface area contributed by atoms with E-state index in [4.69, 9.17) is 23.2 Å². The van der Waals surface area contributed by atoms with Gasteiger partial charge in [0.1, 0.15) is 12.6 Å². The molecule has 0 radical (unpaired) electrons. The highest BCUT2D eigenvalue weighted by molar-refractivity contribution is 7.92. The Hall–Kier alpha value is -3.07. The van der Waals surface area contributed by atoms with Gasteiger partial charge in [0.15, 0.2) is 0 Å². The number of nitrogens with one attached hydrogen (secondary N) is 1. The van der Waals surface area contributed by atoms with E-state index >= 15 is 0 Å². The molecule has 0 spiro atoms. The number of halogens is 2. The number of sulfonamides is 1. The third-order valence-corrected chi connectivity index (χ3v) is 8.87. The summed E-state index contributed by atoms with van der Waals surface area (Å²) in [6.45, 7) is 8.39. The van der Waals surface area contributed by atoms with E-state index in [1.165, 1.54) is 17.0 Å². The highest BCUT2D eigenvalue weighted by atomic mass is 35.5. The van der Waals surface area contributed by atoms with Crippen LogP contribution in [-0.2, 0) is 26.2 Å². The first-order valence-corrected chi connectivity index (χ1v) is 14.7. The van der Waals surface area contributed by atoms with Gasteiger partial charge in [0, 0.05) is 28.2 Å². The smallest absolute Gasteiger partial charge is 0.264 e. The molecule has 1 atom stereocenters. The lowest BCUT2D eigenvalue weighted by molar-refractivity contribution is -0.139. The molecule has 1 unspecified atom stereocenters. The van der Waals surface area contributed by atoms with E-state index in [-0.39, 0.29) is 23.4 Å². The molecule has 0 aliphatic heterocycles. The average Bonchev–Trinajstić information content (AvgIpc) is 2.88. The van der Waals surface area contributed by atoms with Gasteiger partial charge >= 0.3 is 0 Å². The van der Waals surface area contributed by atoms with E-state index in [1.807, 2.05) is 33.8 Å². The molecule has 3 aromatic carbocycles. The van der Waals surface area contributed by atoms with Crippen molar-refractivity contribution in [3.63, 3.8) is 0 Å². The normalized spacial score (nSPS) is 12.2. The molecule has 0 heterocycles. The first-order valence-electron chi connectivity index (χ1n) is 12.5. The summed E-state index contributed by atoms with van der Waals surface area (Å²) in [7, 11) is -4.13. The number of aryl methyl sites for hydroxylation is 2. The summed E-state index contributed by atoms with van der Waals surface area (Å²) >= 11 is 12.8. The quantitative estimate of drug-likeness (QED) is 0.326. The fourth-order valence-corrected chi connectivity index (χ4v) is 5.91. The second kappa shape index (κ2) is 12.9. The number of anilines is 1. The molecule has 3 rings (SSSR count). The third kappa shape index (κ3) is 7.32. The van der Waals surface area contributed by atoms with E-state index in [1.54, 1.807) is 55.5 Å². The largest absolute Gasteiger partial charge is 0.352 e. The Labute approximate surface area is 240 Å². The Morgan fingerprint density at radius 2 is 1.49 bits per heavy atom. The van der Waals surface area contributed by atoms with E-state index in [9.17, 15) is 18.0 Å². The van der Waals surface area contributed by atoms with Gasteiger partial charge in [-0.05, 0) is 82.1 Å². The average molecular weight is 591 g/mol. The summed E-state index contributed by atoms with van der Waals surface area (Å²) < 4.78 is 28.7. The predicted molar refractivity (Wildman–Crippen MR) is 157 cm³/mol. The van der Waals surface area contributed by atoms with Crippen LogP contribution in [0.15, 0.2) is 71.6 Å². The van der Waals surface area contributed by atoms with Gasteiger partial charge in [-0.15, -0.1) is 0 Å². The molecule has 0 aliphatic rings. The Morgan fingerprint density at radius 1 is 0.872 bits per heavy atom. The molecule has 0 saturated heterocycles. The molecule has 0 saturated carbocycles. The molecule has 0 bridgehead atoms. The Balaban J connectivity index is 2.08. The minimum Gasteiger partial charge on any atom is -0.352 e. The summed E-state index contributed by atoms with van der Waals surface area (Å²) in [6, 6.07) is 17.0. The van der Waals surface area contributed by atoms with Crippen molar-refractivity contribution in [1.82, 2.24) is 10.2 Å². The summed E-state index contributed by atoms with van der Waals surface area (Å²) in [5.41, 5.74) is 2.65. The maximum atomic E-state index is 14.0. The fraction of sp³-hybridized carbons (Fsp3) is 0.310. The van der Waals surface area contributed by atoms with Crippen molar-refractivity contribution in [2.45, 2.75) is 58.1 Å². The van der Waals surface area contributed by atoms with Crippen LogP contribution in [-0.4, -0.2) is 43.8 Å². The first kappa shape index (κ1) is 30.5. The van der Waals surface area contributed by atoms with Crippen LogP contribution in [0.3, 0.4) is 0 Å². The predicted octanol–water partition coefficient (Wildman–Crippen LogP) is 5.75. The minimum atomic E-state index is -4.13. The van der Waals surface area contributed by atoms with Crippen molar-refractivity contribution in [2.75, 3.05) is 10.8 Å². The SMILES string of the molecule is Cc1ccc(N(CC(=O)N(Cc2c(Cl)cccc2Cl)C(C)C(=O)NC(C)C)S(=O)(=O)c2ccccc2)cc1C. The monoisotopic (exact) mass is 589 g/mol. The van der Waals surface area contributed by atoms with Gasteiger partial charge in [-0.3, -0.25) is 13.9 Å². The Kier molecular flexibility index (Phi) is 10.0. The van der Waals surface area contributed by atoms with Gasteiger partial charge in [-0.2, -0.15) is 0 Å². The molecule has 0 fully saturated rings. The number of hydrogen-bond donors (Lipinski definition) is 1. The van der Waals surface area contributed by atoms with E-state index in [0.29, 0.717) is 21.3 Å². The number of rotatable bonds is 10. The van der Waals surface area contributed by atoms with Crippen LogP contribution >= 0.6 is 23.2 Å². The second-order valence-electron chi connectivity index (χ2n) is 9.65. The Morgan fingerprint density at radius 3 is 2.05 bits per heavy atom. The van der Waals surface area contributed by atoms with E-state index in [0.717, 1.165) is 15.4 Å². The van der Waals surface area contributed by atoms with Crippen LogP contribution < -0.4 is 9.62 Å². The molecule has 7 nitrogen and oxygen atoms in total. The van der Waals surface area contributed by atoms with Crippen LogP contribution in [0.1, 0.15) is 37.5 Å². The van der Waals surface area contributed by atoms with Gasteiger partial charge < -0.3 is 10.2 Å². The minimum absolute atomic E-state index is 0.0438. The molecule has 0 aromatic heterocycles. The number of amides is 2. The zero-order valence-electron chi connectivity index (χ0n) is 22.6. The summed E-state index contributed by atoms with van der Waals surface area (Å²) in [5.74, 6) is -0.972. The molecule has 39 heavy (non-hydrogen) atoms. The zero-order valence-corrected chi connectivity index (χ0v) is 24.9. The molecule has 0 aliphatic carbocycles. The highest BCUT2D eigenvalue weighted by Gasteiger charge is 2.33. The molecular formula is C29H33Cl2N3O4S. The van der Waals surface area contributed by atoms with Crippen molar-refractivity contribution < 1.29 is 18.0 Å². The van der Waals surface area contributed by atoms with Crippen LogP contribution in [0.4, 0.5) is 5.69 Å². The van der Waals surface area contributed by atoms with Crippen LogP contribution in [0.25, 0.3) is 0 Å². The van der Waals surface area contributed by atoms with Crippen molar-refractivity contribution in [1.29, 1.82) is 0 Å². The first-order chi connectivity index (χ1) is 18.3. The number of nitrogens with zero attached hydrogens (tertiary/aromatic N) is 2. The molecule has 2 amide bonds. The Bertz CT molecular complexity index is 1430. The molecular weight excluding hydrogens is 557 g/mol. The van der Waals surface area contributed by atoms with Gasteiger partial charge in [0.2, 0.25) is 11.8 Å². The van der Waals surface area contributed by atoms with Crippen molar-refractivity contribution in [3.05, 3.63) is 93.5 Å². The number of carbonyl (C=O) groups is 2. The maximum absolute atomic E-state index is 14.0. The summed E-state index contributed by atoms with van der Waals surface area (Å²) in [4.78, 5) is 28.3. The maximum Gasteiger partial charge on any atom is 0.264 e. The van der Waals surface area contributed by atoms with Crippen LogP contribution in [0.5, 0.6) is 0 Å². The number of carbonyl (C=O) groups excluding carboxylic acids is 2. The number of benzene rings is 3. The van der Waals surface area contributed by atoms with Crippen LogP contribution in [0.2, 0.25) is 10.0 Å². The summed E-state index contributed by atoms with van der Waals surface area (Å²) in [5, 5.41) is 3.48. The van der Waals surface area contributed by atoms with E-state index in [2.05, 4.69) is 5.32 Å². The van der Waals surface area contributed by atoms with Gasteiger partial charge in [0.05, 0.1) is 10.6 Å². The van der Waals surface area contributed by atoms with Gasteiger partial charge in [0.25, 0.3) is 10.0 Å². The van der Waals surface area contributed by atoms with Crippen molar-refractivity contribution in [2.24, 2.45) is 0 Å². The lowest BCUT2D eigenvalue weighted by Gasteiger charge is -2.32. The topological polar surface area (TPSA) is 86.8 Å². The molecule has 10 heteroatoms. The standard InChI is InChI=1S/C29H33Cl2N3O4S/c1-19(2)32-29(36)22(5)33(17-25-26(30)12-9-13-27(25)31)28(35)18-34(23-15-14-20(3)21(4)16-23)39(37,38)24-10-7-6-8-11-24/h6-16,19,22H,17-18H2,1-5H3,(H,32,36). The van der Waals surface area contributed by atoms with Crippen molar-refractivity contribution in [3.8, 4) is 0 Å². The number of hydrogen-bond acceptors (Lipinski definition) is 4. The van der Waals surface area contributed by atoms with Crippen molar-refractivity contribution >= 4 is 50.7 Å². The molecule has 3 aromatic rings. The molecule has 208 valence electrons. The van der Waals surface area contributed by atoms with Gasteiger partial charge in [-0.25, -0.2) is 8.42 Å². The van der Waals surface area contributed by atoms with Gasteiger partial charge in [-0.1, -0.05) is 53.5 Å². The van der Waals surface area contributed by atoms with E-state index < -0.39 is 28.5 Å². The lowest BCUT2D eigenvalue weighted by atomic mass is 10.1. The van der Waals surface area contributed by atoms with Crippen LogP contribution in [0, 0.1) is 13.8 Å². The lowest BCUT2D eigenvalue weighted by Crippen LogP contribution is -2.52. The summed E-state index contributed by atoms with van der Waals surface area (Å²) in [6.07, 6.45) is 0. The second-order valence-corrected chi connectivity index (χ2v) is 12.3. The molecule has 1 N–H and O–H groups in total.